The van der Waals surface area contributed by atoms with Crippen molar-refractivity contribution >= 4 is 17.5 Å². The Hall–Kier alpha value is -3.05. The van der Waals surface area contributed by atoms with E-state index in [4.69, 9.17) is 0 Å². The van der Waals surface area contributed by atoms with Crippen molar-refractivity contribution in [1.29, 1.82) is 0 Å². The number of likely N-dealkylation sites (tertiary alicyclic amines) is 1. The molecular weight excluding hydrogens is 430 g/mol. The molecule has 1 N–H and O–H groups in total. The number of amides is 2. The molecule has 2 heterocycles. The Kier molecular flexibility index (Phi) is 5.53. The first-order chi connectivity index (χ1) is 14.2. The fraction of sp³-hybridized carbons (Fsp3) is 0.421. The molecule has 2 aromatic rings. The van der Waals surface area contributed by atoms with Crippen LogP contribution in [0, 0.1) is 11.7 Å². The molecule has 0 spiro atoms. The van der Waals surface area contributed by atoms with Crippen LogP contribution in [0.3, 0.4) is 0 Å². The highest BCUT2D eigenvalue weighted by Crippen LogP contribution is 2.42. The summed E-state index contributed by atoms with van der Waals surface area (Å²) in [6, 6.07) is 2.89. The summed E-state index contributed by atoms with van der Waals surface area (Å²) in [7, 11) is 2.38. The van der Waals surface area contributed by atoms with E-state index < -0.39 is 58.5 Å². The van der Waals surface area contributed by atoms with Crippen LogP contribution in [0.5, 0.6) is 0 Å². The van der Waals surface area contributed by atoms with E-state index in [-0.39, 0.29) is 12.1 Å². The van der Waals surface area contributed by atoms with E-state index >= 15 is 0 Å². The highest BCUT2D eigenvalue weighted by Gasteiger charge is 2.49. The van der Waals surface area contributed by atoms with Gasteiger partial charge in [0.1, 0.15) is 17.4 Å². The van der Waals surface area contributed by atoms with Gasteiger partial charge in [-0.2, -0.15) is 18.3 Å². The Bertz CT molecular complexity index is 1030. The van der Waals surface area contributed by atoms with Crippen LogP contribution in [-0.2, 0) is 28.7 Å². The van der Waals surface area contributed by atoms with Gasteiger partial charge < -0.3 is 10.2 Å². The van der Waals surface area contributed by atoms with Crippen molar-refractivity contribution in [3.05, 3.63) is 47.0 Å². The second kappa shape index (κ2) is 7.57. The second-order valence-electron chi connectivity index (χ2n) is 7.41. The Morgan fingerprint density at radius 3 is 2.42 bits per heavy atom. The van der Waals surface area contributed by atoms with E-state index in [1.54, 1.807) is 0 Å². The molecule has 0 radical (unpaired) electrons. The van der Waals surface area contributed by atoms with Gasteiger partial charge in [-0.05, 0) is 12.1 Å². The summed E-state index contributed by atoms with van der Waals surface area (Å²) in [5.41, 5.74) is -3.14. The largest absolute Gasteiger partial charge is 0.433 e. The minimum absolute atomic E-state index is 0.217. The van der Waals surface area contributed by atoms with Gasteiger partial charge >= 0.3 is 6.18 Å². The molecule has 1 saturated heterocycles. The number of hydrogen-bond acceptors (Lipinski definition) is 3. The van der Waals surface area contributed by atoms with E-state index in [1.807, 2.05) is 0 Å². The van der Waals surface area contributed by atoms with Crippen molar-refractivity contribution in [3.63, 3.8) is 0 Å². The maximum absolute atomic E-state index is 14.0. The van der Waals surface area contributed by atoms with Gasteiger partial charge in [-0.1, -0.05) is 6.07 Å². The summed E-state index contributed by atoms with van der Waals surface area (Å²) < 4.78 is 82.9. The van der Waals surface area contributed by atoms with E-state index in [0.717, 1.165) is 36.3 Å². The number of likely N-dealkylation sites (N-methyl/N-ethyl adjacent to an activating group) is 1. The Labute approximate surface area is 172 Å². The number of alkyl halides is 5. The summed E-state index contributed by atoms with van der Waals surface area (Å²) in [6.07, 6.45) is -3.88. The molecule has 1 aliphatic rings. The van der Waals surface area contributed by atoms with Crippen LogP contribution in [0.2, 0.25) is 0 Å². The van der Waals surface area contributed by atoms with Gasteiger partial charge in [0.2, 0.25) is 11.8 Å². The minimum Gasteiger partial charge on any atom is -0.344 e. The van der Waals surface area contributed by atoms with Crippen molar-refractivity contribution < 1.29 is 35.9 Å². The van der Waals surface area contributed by atoms with Gasteiger partial charge in [0, 0.05) is 39.0 Å². The molecule has 1 aromatic heterocycles. The highest BCUT2D eigenvalue weighted by molar-refractivity contribution is 6.08. The number of nitrogens with zero attached hydrogens (tertiary/aromatic N) is 3. The Morgan fingerprint density at radius 2 is 1.84 bits per heavy atom. The smallest absolute Gasteiger partial charge is 0.344 e. The number of carbonyl (C=O) groups excluding carboxylic acids is 2. The number of aryl methyl sites for hydroxylation is 1. The fourth-order valence-corrected chi connectivity index (χ4v) is 3.83. The summed E-state index contributed by atoms with van der Waals surface area (Å²) in [5.74, 6) is -9.72. The lowest BCUT2D eigenvalue weighted by Gasteiger charge is -2.21. The van der Waals surface area contributed by atoms with E-state index in [1.165, 1.54) is 7.05 Å². The van der Waals surface area contributed by atoms with Crippen LogP contribution in [0.15, 0.2) is 24.4 Å². The molecular formula is C19H18F6N4O2. The number of benzene rings is 1. The number of nitrogens with one attached hydrogen (secondary N) is 1. The van der Waals surface area contributed by atoms with Gasteiger partial charge in [-0.3, -0.25) is 14.3 Å². The molecule has 1 aromatic carbocycles. The molecule has 12 heteroatoms. The average Bonchev–Trinajstić information content (AvgIpc) is 3.14. The Balaban J connectivity index is 2.01. The quantitative estimate of drug-likeness (QED) is 0.575. The number of anilines is 1. The van der Waals surface area contributed by atoms with Crippen LogP contribution >= 0.6 is 0 Å². The maximum atomic E-state index is 14.0. The zero-order valence-corrected chi connectivity index (χ0v) is 16.6. The van der Waals surface area contributed by atoms with Crippen LogP contribution in [-0.4, -0.2) is 40.1 Å². The summed E-state index contributed by atoms with van der Waals surface area (Å²) in [5, 5.41) is 5.70. The van der Waals surface area contributed by atoms with Crippen molar-refractivity contribution in [3.8, 4) is 0 Å². The molecule has 0 unspecified atom stereocenters. The molecule has 31 heavy (non-hydrogen) atoms. The summed E-state index contributed by atoms with van der Waals surface area (Å²) in [4.78, 5) is 26.5. The zero-order chi connectivity index (χ0) is 23.3. The van der Waals surface area contributed by atoms with E-state index in [9.17, 15) is 35.9 Å². The third-order valence-electron chi connectivity index (χ3n) is 5.14. The van der Waals surface area contributed by atoms with E-state index in [2.05, 4.69) is 10.4 Å². The maximum Gasteiger partial charge on any atom is 0.433 e. The van der Waals surface area contributed by atoms with Gasteiger partial charge in [-0.15, -0.1) is 0 Å². The summed E-state index contributed by atoms with van der Waals surface area (Å²) in [6.45, 7) is 0.218. The third kappa shape index (κ3) is 4.10. The lowest BCUT2D eigenvalue weighted by molar-refractivity contribution is -0.145. The molecule has 1 fully saturated rings. The molecule has 0 bridgehead atoms. The molecule has 1 aliphatic heterocycles. The Morgan fingerprint density at radius 1 is 1.19 bits per heavy atom. The molecule has 3 rings (SSSR count). The van der Waals surface area contributed by atoms with Gasteiger partial charge in [0.25, 0.3) is 5.92 Å². The SMILES string of the molecule is CN1C[C@H](c2cnn(C)c2C(F)(F)F)[C@@H](C(=O)Nc2cccc(F)c2C(C)(F)F)C1=O. The molecule has 0 aliphatic carbocycles. The number of halogens is 6. The molecule has 6 nitrogen and oxygen atoms in total. The lowest BCUT2D eigenvalue weighted by Crippen LogP contribution is -2.33. The van der Waals surface area contributed by atoms with Gasteiger partial charge in [-0.25, -0.2) is 13.2 Å². The standard InChI is InChI=1S/C19H18F6N4O2/c1-18(21,22)14-11(20)5-4-6-12(14)27-16(30)13-10(8-28(2)17(13)31)9-7-26-29(3)15(9)19(23,24)25/h4-7,10,13H,8H2,1-3H3,(H,27,30)/t10-,13+/m1/s1. The second-order valence-corrected chi connectivity index (χ2v) is 7.41. The van der Waals surface area contributed by atoms with Crippen LogP contribution < -0.4 is 5.32 Å². The van der Waals surface area contributed by atoms with Gasteiger partial charge in [0.05, 0.1) is 17.4 Å². The van der Waals surface area contributed by atoms with Crippen LogP contribution in [0.25, 0.3) is 0 Å². The predicted octanol–water partition coefficient (Wildman–Crippen LogP) is 3.50. The summed E-state index contributed by atoms with van der Waals surface area (Å²) >= 11 is 0. The zero-order valence-electron chi connectivity index (χ0n) is 16.6. The van der Waals surface area contributed by atoms with Crippen molar-refractivity contribution in [2.45, 2.75) is 24.9 Å². The van der Waals surface area contributed by atoms with Crippen LogP contribution in [0.4, 0.5) is 32.0 Å². The molecule has 0 saturated carbocycles. The number of rotatable bonds is 4. The number of aromatic nitrogens is 2. The van der Waals surface area contributed by atoms with Gasteiger partial charge in [0.15, 0.2) is 0 Å². The molecule has 2 amide bonds. The monoisotopic (exact) mass is 448 g/mol. The normalized spacial score (nSPS) is 19.8. The fourth-order valence-electron chi connectivity index (χ4n) is 3.83. The predicted molar refractivity (Wildman–Crippen MR) is 96.7 cm³/mol. The molecule has 2 atom stereocenters. The third-order valence-corrected chi connectivity index (χ3v) is 5.14. The minimum atomic E-state index is -4.80. The first-order valence-electron chi connectivity index (χ1n) is 9.05. The lowest BCUT2D eigenvalue weighted by atomic mass is 9.87. The van der Waals surface area contributed by atoms with E-state index in [0.29, 0.717) is 11.6 Å². The first kappa shape index (κ1) is 22.6. The average molecular weight is 448 g/mol. The van der Waals surface area contributed by atoms with Crippen LogP contribution in [0.1, 0.15) is 29.7 Å². The van der Waals surface area contributed by atoms with Crippen molar-refractivity contribution in [2.75, 3.05) is 18.9 Å². The topological polar surface area (TPSA) is 67.2 Å². The number of hydrogen-bond donors (Lipinski definition) is 1. The molecule has 168 valence electrons. The van der Waals surface area contributed by atoms with Crippen molar-refractivity contribution in [1.82, 2.24) is 14.7 Å². The van der Waals surface area contributed by atoms with Crippen molar-refractivity contribution in [2.24, 2.45) is 13.0 Å². The highest BCUT2D eigenvalue weighted by atomic mass is 19.4. The number of carbonyl (C=O) groups is 2. The first-order valence-corrected chi connectivity index (χ1v) is 9.05.